The highest BCUT2D eigenvalue weighted by atomic mass is 32.1. The van der Waals surface area contributed by atoms with E-state index in [0.29, 0.717) is 16.6 Å². The van der Waals surface area contributed by atoms with E-state index < -0.39 is 0 Å². The van der Waals surface area contributed by atoms with E-state index in [2.05, 4.69) is 21.9 Å². The van der Waals surface area contributed by atoms with E-state index in [1.165, 1.54) is 23.8 Å². The summed E-state index contributed by atoms with van der Waals surface area (Å²) in [6.07, 6.45) is 5.56. The molecule has 0 aliphatic carbocycles. The maximum Gasteiger partial charge on any atom is 0.274 e. The molecule has 4 heterocycles. The van der Waals surface area contributed by atoms with Crippen molar-refractivity contribution in [1.82, 2.24) is 19.5 Å². The number of fused-ring (bicyclic) bond motifs is 1. The molecule has 2 aromatic rings. The Kier molecular flexibility index (Phi) is 4.45. The van der Waals surface area contributed by atoms with Crippen molar-refractivity contribution in [3.63, 3.8) is 0 Å². The summed E-state index contributed by atoms with van der Waals surface area (Å²) in [4.78, 5) is 33.6. The quantitative estimate of drug-likeness (QED) is 0.818. The van der Waals surface area contributed by atoms with Crippen LogP contribution < -0.4 is 10.5 Å². The first-order chi connectivity index (χ1) is 12.1. The van der Waals surface area contributed by atoms with Crippen LogP contribution in [-0.2, 0) is 0 Å². The molecule has 7 nitrogen and oxygen atoms in total. The van der Waals surface area contributed by atoms with Crippen molar-refractivity contribution in [3.8, 4) is 0 Å². The molecule has 2 aliphatic rings. The van der Waals surface area contributed by atoms with E-state index >= 15 is 0 Å². The molecule has 2 aromatic heterocycles. The van der Waals surface area contributed by atoms with Crippen LogP contribution in [0.3, 0.4) is 0 Å². The molecule has 2 saturated heterocycles. The molecule has 0 aromatic carbocycles. The molecule has 2 fully saturated rings. The van der Waals surface area contributed by atoms with E-state index in [4.69, 9.17) is 0 Å². The maximum atomic E-state index is 12.9. The lowest BCUT2D eigenvalue weighted by molar-refractivity contribution is 0.0688. The average Bonchev–Trinajstić information content (AvgIpc) is 3.05. The number of carbonyl (C=O) groups is 1. The number of likely N-dealkylation sites (tertiary alicyclic amines) is 1. The summed E-state index contributed by atoms with van der Waals surface area (Å²) in [5.41, 5.74) is -0.0355. The fourth-order valence-electron chi connectivity index (χ4n) is 3.54. The zero-order chi connectivity index (χ0) is 17.4. The van der Waals surface area contributed by atoms with Gasteiger partial charge in [0.15, 0.2) is 0 Å². The van der Waals surface area contributed by atoms with Crippen LogP contribution in [0.2, 0.25) is 0 Å². The highest BCUT2D eigenvalue weighted by Crippen LogP contribution is 2.26. The van der Waals surface area contributed by atoms with Crippen molar-refractivity contribution in [2.75, 3.05) is 31.1 Å². The highest BCUT2D eigenvalue weighted by Gasteiger charge is 2.25. The lowest BCUT2D eigenvalue weighted by atomic mass is 9.99. The van der Waals surface area contributed by atoms with Crippen molar-refractivity contribution in [2.24, 2.45) is 5.92 Å². The van der Waals surface area contributed by atoms with Gasteiger partial charge in [-0.05, 0) is 38.0 Å². The Labute approximate surface area is 150 Å². The van der Waals surface area contributed by atoms with Crippen LogP contribution in [0.1, 0.15) is 49.5 Å². The fourth-order valence-corrected chi connectivity index (χ4v) is 4.50. The van der Waals surface area contributed by atoms with Gasteiger partial charge in [0.2, 0.25) is 10.1 Å². The van der Waals surface area contributed by atoms with E-state index in [1.807, 2.05) is 4.90 Å². The number of hydrogen-bond donors (Lipinski definition) is 0. The van der Waals surface area contributed by atoms with Gasteiger partial charge in [-0.2, -0.15) is 9.50 Å². The average molecular weight is 361 g/mol. The summed E-state index contributed by atoms with van der Waals surface area (Å²) in [5.74, 6) is 0.533. The predicted octanol–water partition coefficient (Wildman–Crippen LogP) is 2.01. The van der Waals surface area contributed by atoms with Crippen molar-refractivity contribution in [2.45, 2.75) is 39.0 Å². The van der Waals surface area contributed by atoms with Crippen LogP contribution >= 0.6 is 11.3 Å². The minimum Gasteiger partial charge on any atom is -0.347 e. The maximum absolute atomic E-state index is 12.9. The Morgan fingerprint density at radius 2 is 1.88 bits per heavy atom. The number of amides is 1. The zero-order valence-corrected chi connectivity index (χ0v) is 15.3. The molecular formula is C17H23N5O2S. The van der Waals surface area contributed by atoms with Crippen LogP contribution in [0.4, 0.5) is 5.13 Å². The van der Waals surface area contributed by atoms with Crippen molar-refractivity contribution in [3.05, 3.63) is 22.1 Å². The number of rotatable bonds is 2. The van der Waals surface area contributed by atoms with Crippen LogP contribution in [0.15, 0.2) is 10.9 Å². The van der Waals surface area contributed by atoms with Crippen molar-refractivity contribution >= 4 is 27.3 Å². The molecule has 0 N–H and O–H groups in total. The minimum absolute atomic E-state index is 0.114. The first-order valence-electron chi connectivity index (χ1n) is 9.07. The van der Waals surface area contributed by atoms with Crippen LogP contribution in [0.5, 0.6) is 0 Å². The molecule has 25 heavy (non-hydrogen) atoms. The number of aromatic nitrogens is 3. The normalized spacial score (nSPS) is 19.6. The Bertz CT molecular complexity index is 831. The molecule has 0 radical (unpaired) electrons. The van der Waals surface area contributed by atoms with Gasteiger partial charge in [0.05, 0.1) is 0 Å². The van der Waals surface area contributed by atoms with Gasteiger partial charge in [0.25, 0.3) is 11.5 Å². The standard InChI is InChI=1S/C17H23N5O2S/c1-12-5-9-20(10-6-12)15(24)13-11-14(23)18-16-22(13)19-17(25-16)21-7-3-2-4-8-21/h11-12H,2-10H2,1H3. The van der Waals surface area contributed by atoms with E-state index in [-0.39, 0.29) is 11.5 Å². The van der Waals surface area contributed by atoms with Gasteiger partial charge >= 0.3 is 0 Å². The zero-order valence-electron chi connectivity index (χ0n) is 14.5. The van der Waals surface area contributed by atoms with Crippen LogP contribution in [0.25, 0.3) is 4.96 Å². The minimum atomic E-state index is -0.373. The van der Waals surface area contributed by atoms with Gasteiger partial charge in [-0.25, -0.2) is 0 Å². The molecule has 8 heteroatoms. The van der Waals surface area contributed by atoms with Crippen molar-refractivity contribution in [1.29, 1.82) is 0 Å². The molecule has 0 atom stereocenters. The second kappa shape index (κ2) is 6.74. The molecule has 2 aliphatic heterocycles. The lowest BCUT2D eigenvalue weighted by Gasteiger charge is -2.30. The molecule has 0 unspecified atom stereocenters. The Hall–Kier alpha value is -1.96. The van der Waals surface area contributed by atoms with Crippen LogP contribution in [-0.4, -0.2) is 51.6 Å². The summed E-state index contributed by atoms with van der Waals surface area (Å²) in [5, 5.41) is 5.47. The predicted molar refractivity (Wildman–Crippen MR) is 97.5 cm³/mol. The summed E-state index contributed by atoms with van der Waals surface area (Å²) in [6.45, 7) is 5.63. The molecule has 1 amide bonds. The summed E-state index contributed by atoms with van der Waals surface area (Å²) < 4.78 is 1.57. The summed E-state index contributed by atoms with van der Waals surface area (Å²) in [6, 6.07) is 1.33. The molecule has 0 bridgehead atoms. The Balaban J connectivity index is 1.69. The van der Waals surface area contributed by atoms with Gasteiger partial charge in [-0.3, -0.25) is 9.59 Å². The number of carbonyl (C=O) groups excluding carboxylic acids is 1. The summed E-state index contributed by atoms with van der Waals surface area (Å²) >= 11 is 1.39. The smallest absolute Gasteiger partial charge is 0.274 e. The van der Waals surface area contributed by atoms with Gasteiger partial charge in [-0.15, -0.1) is 5.10 Å². The SMILES string of the molecule is CC1CCN(C(=O)c2cc(=O)nc3sc(N4CCCCC4)nn23)CC1. The molecular weight excluding hydrogens is 338 g/mol. The third-order valence-electron chi connectivity index (χ3n) is 5.16. The fraction of sp³-hybridized carbons (Fsp3) is 0.647. The first kappa shape index (κ1) is 16.5. The Morgan fingerprint density at radius 3 is 2.60 bits per heavy atom. The Morgan fingerprint density at radius 1 is 1.16 bits per heavy atom. The largest absolute Gasteiger partial charge is 0.347 e. The molecule has 134 valence electrons. The monoisotopic (exact) mass is 361 g/mol. The van der Waals surface area contributed by atoms with Gasteiger partial charge in [0.1, 0.15) is 5.69 Å². The second-order valence-corrected chi connectivity index (χ2v) is 8.02. The van der Waals surface area contributed by atoms with Crippen LogP contribution in [0, 0.1) is 5.92 Å². The summed E-state index contributed by atoms with van der Waals surface area (Å²) in [7, 11) is 0. The topological polar surface area (TPSA) is 70.8 Å². The first-order valence-corrected chi connectivity index (χ1v) is 9.88. The molecule has 4 rings (SSSR count). The second-order valence-electron chi connectivity index (χ2n) is 7.08. The lowest BCUT2D eigenvalue weighted by Crippen LogP contribution is -2.39. The number of hydrogen-bond acceptors (Lipinski definition) is 6. The van der Waals surface area contributed by atoms with Gasteiger partial charge < -0.3 is 9.80 Å². The van der Waals surface area contributed by atoms with E-state index in [9.17, 15) is 9.59 Å². The van der Waals surface area contributed by atoms with Crippen molar-refractivity contribution < 1.29 is 4.79 Å². The highest BCUT2D eigenvalue weighted by molar-refractivity contribution is 7.20. The van der Waals surface area contributed by atoms with Gasteiger partial charge in [-0.1, -0.05) is 18.3 Å². The number of anilines is 1. The van der Waals surface area contributed by atoms with E-state index in [0.717, 1.165) is 57.0 Å². The molecule has 0 saturated carbocycles. The third kappa shape index (κ3) is 3.27. The third-order valence-corrected chi connectivity index (χ3v) is 6.13. The molecule has 0 spiro atoms. The number of piperidine rings is 2. The van der Waals surface area contributed by atoms with Gasteiger partial charge in [0, 0.05) is 32.2 Å². The number of nitrogens with zero attached hydrogens (tertiary/aromatic N) is 5. The van der Waals surface area contributed by atoms with E-state index in [1.54, 1.807) is 4.52 Å².